The molecule has 0 aliphatic heterocycles. The molecular formula is C18H28N2O4. The summed E-state index contributed by atoms with van der Waals surface area (Å²) in [7, 11) is 0. The van der Waals surface area contributed by atoms with E-state index in [0.717, 1.165) is 38.5 Å². The van der Waals surface area contributed by atoms with Gasteiger partial charge in [0.2, 0.25) is 11.8 Å². The Kier molecular flexibility index (Phi) is 9.04. The highest BCUT2D eigenvalue weighted by atomic mass is 16.3. The minimum Gasteiger partial charge on any atom is -0.396 e. The number of hydrogen-bond acceptors (Lipinski definition) is 4. The number of hydrogen-bond donors (Lipinski definition) is 4. The lowest BCUT2D eigenvalue weighted by atomic mass is 9.96. The van der Waals surface area contributed by atoms with Crippen LogP contribution in [0.1, 0.15) is 71.2 Å². The molecule has 1 aromatic rings. The van der Waals surface area contributed by atoms with Gasteiger partial charge in [0.05, 0.1) is 6.10 Å². The molecular weight excluding hydrogens is 308 g/mol. The molecule has 6 heteroatoms. The van der Waals surface area contributed by atoms with Crippen molar-refractivity contribution >= 4 is 11.8 Å². The fourth-order valence-corrected chi connectivity index (χ4v) is 2.71. The van der Waals surface area contributed by atoms with Crippen molar-refractivity contribution in [2.45, 2.75) is 57.5 Å². The Morgan fingerprint density at radius 1 is 0.958 bits per heavy atom. The van der Waals surface area contributed by atoms with Crippen LogP contribution in [-0.2, 0) is 6.42 Å². The number of nitrogens with two attached hydrogens (primary N) is 2. The summed E-state index contributed by atoms with van der Waals surface area (Å²) in [5, 5.41) is 18.9. The Hall–Kier alpha value is -1.92. The van der Waals surface area contributed by atoms with Gasteiger partial charge in [0, 0.05) is 17.7 Å². The van der Waals surface area contributed by atoms with Crippen LogP contribution in [0, 0.1) is 0 Å². The van der Waals surface area contributed by atoms with Crippen LogP contribution >= 0.6 is 0 Å². The van der Waals surface area contributed by atoms with Crippen LogP contribution in [0.25, 0.3) is 0 Å². The summed E-state index contributed by atoms with van der Waals surface area (Å²) in [4.78, 5) is 22.7. The fourth-order valence-electron chi connectivity index (χ4n) is 2.71. The number of unbranched alkanes of at least 4 members (excludes halogenated alkanes) is 5. The normalized spacial score (nSPS) is 12.1. The number of carbonyl (C=O) groups excluding carboxylic acids is 2. The molecule has 0 bridgehead atoms. The highest BCUT2D eigenvalue weighted by Gasteiger charge is 2.14. The highest BCUT2D eigenvalue weighted by Crippen LogP contribution is 2.17. The summed E-state index contributed by atoms with van der Waals surface area (Å²) in [5.74, 6) is -1.17. The van der Waals surface area contributed by atoms with Crippen molar-refractivity contribution in [1.29, 1.82) is 0 Å². The maximum atomic E-state index is 11.5. The third-order valence-corrected chi connectivity index (χ3v) is 4.06. The van der Waals surface area contributed by atoms with E-state index in [-0.39, 0.29) is 13.0 Å². The summed E-state index contributed by atoms with van der Waals surface area (Å²) in [5.41, 5.74) is 11.8. The SMILES string of the molecule is NC(=O)c1ccc(C(N)=O)c(CC(O)CCCCCCCCO)c1. The summed E-state index contributed by atoms with van der Waals surface area (Å²) < 4.78 is 0. The molecule has 2 amide bonds. The lowest BCUT2D eigenvalue weighted by Crippen LogP contribution is -2.19. The molecule has 1 atom stereocenters. The van der Waals surface area contributed by atoms with E-state index in [0.29, 0.717) is 23.1 Å². The Bertz CT molecular complexity index is 546. The van der Waals surface area contributed by atoms with Gasteiger partial charge in [0.15, 0.2) is 0 Å². The second-order valence-corrected chi connectivity index (χ2v) is 6.09. The molecule has 24 heavy (non-hydrogen) atoms. The van der Waals surface area contributed by atoms with Crippen LogP contribution in [0.15, 0.2) is 18.2 Å². The zero-order valence-electron chi connectivity index (χ0n) is 14.0. The van der Waals surface area contributed by atoms with Crippen molar-refractivity contribution in [2.24, 2.45) is 11.5 Å². The Morgan fingerprint density at radius 3 is 2.17 bits per heavy atom. The van der Waals surface area contributed by atoms with Gasteiger partial charge in [-0.25, -0.2) is 0 Å². The first-order valence-corrected chi connectivity index (χ1v) is 8.47. The van der Waals surface area contributed by atoms with Crippen molar-refractivity contribution in [1.82, 2.24) is 0 Å². The molecule has 0 fully saturated rings. The van der Waals surface area contributed by atoms with Gasteiger partial charge in [-0.15, -0.1) is 0 Å². The van der Waals surface area contributed by atoms with E-state index >= 15 is 0 Å². The monoisotopic (exact) mass is 336 g/mol. The topological polar surface area (TPSA) is 127 Å². The Morgan fingerprint density at radius 2 is 1.58 bits per heavy atom. The number of rotatable bonds is 12. The number of benzene rings is 1. The average molecular weight is 336 g/mol. The van der Waals surface area contributed by atoms with Crippen LogP contribution in [0.3, 0.4) is 0 Å². The zero-order chi connectivity index (χ0) is 17.9. The first-order valence-electron chi connectivity index (χ1n) is 8.47. The third kappa shape index (κ3) is 7.10. The van der Waals surface area contributed by atoms with Crippen LogP contribution < -0.4 is 11.5 Å². The van der Waals surface area contributed by atoms with E-state index in [4.69, 9.17) is 16.6 Å². The second-order valence-electron chi connectivity index (χ2n) is 6.09. The van der Waals surface area contributed by atoms with Crippen molar-refractivity contribution < 1.29 is 19.8 Å². The molecule has 0 saturated carbocycles. The quantitative estimate of drug-likeness (QED) is 0.431. The molecule has 1 aromatic carbocycles. The molecule has 1 unspecified atom stereocenters. The second kappa shape index (κ2) is 10.8. The van der Waals surface area contributed by atoms with E-state index in [9.17, 15) is 14.7 Å². The maximum absolute atomic E-state index is 11.5. The van der Waals surface area contributed by atoms with Crippen LogP contribution in [0.2, 0.25) is 0 Å². The predicted octanol–water partition coefficient (Wildman–Crippen LogP) is 1.51. The molecule has 0 aromatic heterocycles. The molecule has 0 spiro atoms. The lowest BCUT2D eigenvalue weighted by molar-refractivity contribution is 0.0986. The minimum atomic E-state index is -0.594. The van der Waals surface area contributed by atoms with Crippen molar-refractivity contribution in [3.63, 3.8) is 0 Å². The number of aliphatic hydroxyl groups is 2. The van der Waals surface area contributed by atoms with Gasteiger partial charge >= 0.3 is 0 Å². The van der Waals surface area contributed by atoms with Gasteiger partial charge in [-0.2, -0.15) is 0 Å². The molecule has 134 valence electrons. The number of aliphatic hydroxyl groups excluding tert-OH is 2. The molecule has 0 aliphatic carbocycles. The molecule has 6 nitrogen and oxygen atoms in total. The third-order valence-electron chi connectivity index (χ3n) is 4.06. The number of primary amides is 2. The summed E-state index contributed by atoms with van der Waals surface area (Å²) in [6.45, 7) is 0.241. The first-order chi connectivity index (χ1) is 11.5. The summed E-state index contributed by atoms with van der Waals surface area (Å²) >= 11 is 0. The molecule has 0 heterocycles. The average Bonchev–Trinajstić information content (AvgIpc) is 2.53. The fraction of sp³-hybridized carbons (Fsp3) is 0.556. The number of amides is 2. The van der Waals surface area contributed by atoms with Gasteiger partial charge in [-0.3, -0.25) is 9.59 Å². The van der Waals surface area contributed by atoms with Crippen molar-refractivity contribution in [2.75, 3.05) is 6.61 Å². The van der Waals surface area contributed by atoms with Gasteiger partial charge in [-0.1, -0.05) is 32.1 Å². The molecule has 0 aliphatic rings. The van der Waals surface area contributed by atoms with Crippen molar-refractivity contribution in [3.05, 3.63) is 34.9 Å². The standard InChI is InChI=1S/C18H28N2O4/c19-17(23)13-8-9-16(18(20)24)14(11-13)12-15(22)7-5-3-1-2-4-6-10-21/h8-9,11,15,21-22H,1-7,10,12H2,(H2,19,23)(H2,20,24). The van der Waals surface area contributed by atoms with E-state index in [1.807, 2.05) is 0 Å². The molecule has 6 N–H and O–H groups in total. The Labute approximate surface area is 142 Å². The van der Waals surface area contributed by atoms with Crippen LogP contribution in [0.4, 0.5) is 0 Å². The van der Waals surface area contributed by atoms with Crippen LogP contribution in [-0.4, -0.2) is 34.7 Å². The summed E-state index contributed by atoms with van der Waals surface area (Å²) in [6, 6.07) is 4.47. The molecule has 0 radical (unpaired) electrons. The molecule has 1 rings (SSSR count). The van der Waals surface area contributed by atoms with Gasteiger partial charge in [0.1, 0.15) is 0 Å². The van der Waals surface area contributed by atoms with Gasteiger partial charge in [-0.05, 0) is 43.0 Å². The van der Waals surface area contributed by atoms with Gasteiger partial charge < -0.3 is 21.7 Å². The number of carbonyl (C=O) groups is 2. The predicted molar refractivity (Wildman–Crippen MR) is 92.6 cm³/mol. The highest BCUT2D eigenvalue weighted by molar-refractivity contribution is 5.97. The smallest absolute Gasteiger partial charge is 0.248 e. The summed E-state index contributed by atoms with van der Waals surface area (Å²) in [6.07, 6.45) is 6.25. The maximum Gasteiger partial charge on any atom is 0.248 e. The van der Waals surface area contributed by atoms with E-state index < -0.39 is 17.9 Å². The van der Waals surface area contributed by atoms with E-state index in [1.165, 1.54) is 18.2 Å². The van der Waals surface area contributed by atoms with E-state index in [1.54, 1.807) is 0 Å². The lowest BCUT2D eigenvalue weighted by Gasteiger charge is -2.13. The molecule has 0 saturated heterocycles. The van der Waals surface area contributed by atoms with Crippen molar-refractivity contribution in [3.8, 4) is 0 Å². The Balaban J connectivity index is 2.50. The minimum absolute atomic E-state index is 0.241. The largest absolute Gasteiger partial charge is 0.396 e. The zero-order valence-corrected chi connectivity index (χ0v) is 14.0. The van der Waals surface area contributed by atoms with Crippen LogP contribution in [0.5, 0.6) is 0 Å². The van der Waals surface area contributed by atoms with Gasteiger partial charge in [0.25, 0.3) is 0 Å². The first kappa shape index (κ1) is 20.1. The van der Waals surface area contributed by atoms with E-state index in [2.05, 4.69) is 0 Å².